The molecule has 0 saturated carbocycles. The maximum atomic E-state index is 13.5. The predicted molar refractivity (Wildman–Crippen MR) is 131 cm³/mol. The van der Waals surface area contributed by atoms with Crippen molar-refractivity contribution < 1.29 is 19.5 Å². The third-order valence-electron chi connectivity index (χ3n) is 6.58. The number of aromatic hydroxyl groups is 1. The molecule has 9 heteroatoms. The molecule has 0 aliphatic carbocycles. The van der Waals surface area contributed by atoms with Gasteiger partial charge < -0.3 is 20.2 Å². The Balaban J connectivity index is 1.61. The van der Waals surface area contributed by atoms with Crippen molar-refractivity contribution in [1.82, 2.24) is 25.1 Å². The molecule has 0 bridgehead atoms. The summed E-state index contributed by atoms with van der Waals surface area (Å²) in [7, 11) is 1.72. The lowest BCUT2D eigenvalue weighted by molar-refractivity contribution is -0.186. The fourth-order valence-corrected chi connectivity index (χ4v) is 4.77. The van der Waals surface area contributed by atoms with Crippen LogP contribution < -0.4 is 5.32 Å². The van der Waals surface area contributed by atoms with Crippen LogP contribution in [0.2, 0.25) is 0 Å². The Kier molecular flexibility index (Phi) is 7.55. The number of nitrogens with zero attached hydrogens (tertiary/aromatic N) is 4. The number of nitrogens with one attached hydrogen (secondary N) is 1. The number of urea groups is 1. The van der Waals surface area contributed by atoms with Crippen molar-refractivity contribution in [3.8, 4) is 5.75 Å². The van der Waals surface area contributed by atoms with E-state index < -0.39 is 12.2 Å². The summed E-state index contributed by atoms with van der Waals surface area (Å²) in [5.41, 5.74) is 1.81. The Labute approximate surface area is 205 Å². The SMILES string of the molecule is CCCCN1C[C@H]2N(C(=O)CN(C)N2C(=O)NCc2ccccc2)[C@@H](Cc2ccc(O)cc2)C1=O. The van der Waals surface area contributed by atoms with Gasteiger partial charge in [0.15, 0.2) is 0 Å². The molecule has 2 aromatic rings. The number of amides is 4. The number of unbranched alkanes of at least 4 members (excludes halogenated alkanes) is 1. The van der Waals surface area contributed by atoms with E-state index in [4.69, 9.17) is 0 Å². The van der Waals surface area contributed by atoms with Crippen LogP contribution in [0.5, 0.6) is 5.75 Å². The van der Waals surface area contributed by atoms with Crippen molar-refractivity contribution in [3.63, 3.8) is 0 Å². The van der Waals surface area contributed by atoms with Gasteiger partial charge in [-0.05, 0) is 29.7 Å². The molecular formula is C26H33N5O4. The molecular weight excluding hydrogens is 446 g/mol. The first-order chi connectivity index (χ1) is 16.9. The first-order valence-electron chi connectivity index (χ1n) is 12.1. The van der Waals surface area contributed by atoms with Gasteiger partial charge in [-0.2, -0.15) is 0 Å². The molecule has 2 aliphatic rings. The van der Waals surface area contributed by atoms with Crippen molar-refractivity contribution in [1.29, 1.82) is 0 Å². The molecule has 0 spiro atoms. The lowest BCUT2D eigenvalue weighted by Gasteiger charge is -2.54. The van der Waals surface area contributed by atoms with Crippen LogP contribution >= 0.6 is 0 Å². The van der Waals surface area contributed by atoms with E-state index in [1.165, 1.54) is 0 Å². The molecule has 2 N–H and O–H groups in total. The molecule has 2 fully saturated rings. The monoisotopic (exact) mass is 479 g/mol. The van der Waals surface area contributed by atoms with Crippen LogP contribution in [0.15, 0.2) is 54.6 Å². The summed E-state index contributed by atoms with van der Waals surface area (Å²) in [5.74, 6) is -0.148. The van der Waals surface area contributed by atoms with Gasteiger partial charge in [-0.25, -0.2) is 14.8 Å². The van der Waals surface area contributed by atoms with E-state index in [1.807, 2.05) is 30.3 Å². The van der Waals surface area contributed by atoms with Crippen LogP contribution in [0.1, 0.15) is 30.9 Å². The molecule has 35 heavy (non-hydrogen) atoms. The van der Waals surface area contributed by atoms with Crippen molar-refractivity contribution in [2.24, 2.45) is 0 Å². The van der Waals surface area contributed by atoms with Crippen LogP contribution in [-0.2, 0) is 22.6 Å². The lowest BCUT2D eigenvalue weighted by Crippen LogP contribution is -2.76. The van der Waals surface area contributed by atoms with Gasteiger partial charge in [-0.3, -0.25) is 9.59 Å². The zero-order chi connectivity index (χ0) is 24.9. The van der Waals surface area contributed by atoms with Gasteiger partial charge in [-0.1, -0.05) is 55.8 Å². The Hall–Kier alpha value is -3.59. The zero-order valence-corrected chi connectivity index (χ0v) is 20.3. The summed E-state index contributed by atoms with van der Waals surface area (Å²) in [4.78, 5) is 43.5. The van der Waals surface area contributed by atoms with Crippen LogP contribution in [0.4, 0.5) is 4.79 Å². The fraction of sp³-hybridized carbons (Fsp3) is 0.423. The van der Waals surface area contributed by atoms with Gasteiger partial charge in [0.05, 0.1) is 13.1 Å². The molecule has 2 atom stereocenters. The van der Waals surface area contributed by atoms with Crippen LogP contribution in [0.25, 0.3) is 0 Å². The van der Waals surface area contributed by atoms with E-state index in [2.05, 4.69) is 12.2 Å². The van der Waals surface area contributed by atoms with E-state index >= 15 is 0 Å². The number of carbonyl (C=O) groups excluding carboxylic acids is 3. The Morgan fingerprint density at radius 3 is 2.46 bits per heavy atom. The Morgan fingerprint density at radius 2 is 1.77 bits per heavy atom. The zero-order valence-electron chi connectivity index (χ0n) is 20.3. The summed E-state index contributed by atoms with van der Waals surface area (Å²) >= 11 is 0. The number of piperazine rings is 1. The standard InChI is InChI=1S/C26H33N5O4/c1-3-4-14-29-17-23-30(22(25(29)34)15-19-10-12-21(32)13-11-19)24(33)18-28(2)31(23)26(35)27-16-20-8-6-5-7-9-20/h5-13,22-23,32H,3-4,14-18H2,1-2H3,(H,27,35)/t22-,23-/m0/s1. The smallest absolute Gasteiger partial charge is 0.334 e. The normalized spacial score (nSPS) is 20.7. The molecule has 2 aromatic carbocycles. The molecule has 186 valence electrons. The predicted octanol–water partition coefficient (Wildman–Crippen LogP) is 2.17. The third-order valence-corrected chi connectivity index (χ3v) is 6.58. The second kappa shape index (κ2) is 10.8. The number of benzene rings is 2. The average molecular weight is 480 g/mol. The fourth-order valence-electron chi connectivity index (χ4n) is 4.77. The Morgan fingerprint density at radius 1 is 1.06 bits per heavy atom. The van der Waals surface area contributed by atoms with Crippen LogP contribution in [-0.4, -0.2) is 81.7 Å². The van der Waals surface area contributed by atoms with Gasteiger partial charge in [0.1, 0.15) is 18.0 Å². The van der Waals surface area contributed by atoms with Crippen LogP contribution in [0, 0.1) is 0 Å². The summed E-state index contributed by atoms with van der Waals surface area (Å²) < 4.78 is 0. The van der Waals surface area contributed by atoms with Crippen molar-refractivity contribution in [2.75, 3.05) is 26.7 Å². The molecule has 2 heterocycles. The minimum absolute atomic E-state index is 0.00355. The maximum Gasteiger partial charge on any atom is 0.334 e. The minimum Gasteiger partial charge on any atom is -0.508 e. The van der Waals surface area contributed by atoms with Gasteiger partial charge in [0, 0.05) is 26.6 Å². The highest BCUT2D eigenvalue weighted by Crippen LogP contribution is 2.28. The van der Waals surface area contributed by atoms with E-state index in [-0.39, 0.29) is 36.7 Å². The van der Waals surface area contributed by atoms with Crippen molar-refractivity contribution >= 4 is 17.8 Å². The summed E-state index contributed by atoms with van der Waals surface area (Å²) in [5, 5.41) is 15.8. The molecule has 0 radical (unpaired) electrons. The van der Waals surface area contributed by atoms with Crippen molar-refractivity contribution in [2.45, 2.75) is 44.9 Å². The molecule has 0 aromatic heterocycles. The number of rotatable bonds is 7. The second-order valence-electron chi connectivity index (χ2n) is 9.11. The van der Waals surface area contributed by atoms with E-state index in [0.717, 1.165) is 24.0 Å². The summed E-state index contributed by atoms with van der Waals surface area (Å²) in [6.07, 6.45) is 1.48. The maximum absolute atomic E-state index is 13.5. The number of phenols is 1. The largest absolute Gasteiger partial charge is 0.508 e. The van der Waals surface area contributed by atoms with Gasteiger partial charge in [0.25, 0.3) is 0 Å². The van der Waals surface area contributed by atoms with Gasteiger partial charge in [-0.15, -0.1) is 0 Å². The molecule has 4 amide bonds. The molecule has 4 rings (SSSR count). The van der Waals surface area contributed by atoms with E-state index in [9.17, 15) is 19.5 Å². The van der Waals surface area contributed by atoms with Crippen LogP contribution in [0.3, 0.4) is 0 Å². The average Bonchev–Trinajstić information content (AvgIpc) is 2.85. The van der Waals surface area contributed by atoms with E-state index in [1.54, 1.807) is 51.1 Å². The first kappa shape index (κ1) is 24.5. The number of hydrogen-bond acceptors (Lipinski definition) is 5. The number of carbonyl (C=O) groups is 3. The second-order valence-corrected chi connectivity index (χ2v) is 9.11. The van der Waals surface area contributed by atoms with Gasteiger partial charge >= 0.3 is 6.03 Å². The summed E-state index contributed by atoms with van der Waals surface area (Å²) in [6, 6.07) is 15.3. The molecule has 2 saturated heterocycles. The highest BCUT2D eigenvalue weighted by molar-refractivity contribution is 5.91. The van der Waals surface area contributed by atoms with Crippen molar-refractivity contribution in [3.05, 3.63) is 65.7 Å². The lowest BCUT2D eigenvalue weighted by atomic mass is 9.98. The number of fused-ring (bicyclic) bond motifs is 1. The highest BCUT2D eigenvalue weighted by atomic mass is 16.3. The quantitative estimate of drug-likeness (QED) is 0.635. The highest BCUT2D eigenvalue weighted by Gasteiger charge is 2.50. The number of hydrazine groups is 1. The molecule has 0 unspecified atom stereocenters. The minimum atomic E-state index is -0.722. The number of likely N-dealkylation sites (N-methyl/N-ethyl adjacent to an activating group) is 1. The molecule has 9 nitrogen and oxygen atoms in total. The van der Waals surface area contributed by atoms with E-state index in [0.29, 0.717) is 19.5 Å². The first-order valence-corrected chi connectivity index (χ1v) is 12.1. The van der Waals surface area contributed by atoms with Gasteiger partial charge in [0.2, 0.25) is 11.8 Å². The summed E-state index contributed by atoms with van der Waals surface area (Å²) in [6.45, 7) is 3.27. The topological polar surface area (TPSA) is 96.4 Å². The Bertz CT molecular complexity index is 1050. The molecule has 2 aliphatic heterocycles. The third kappa shape index (κ3) is 5.40. The number of hydrogen-bond donors (Lipinski definition) is 2. The number of phenolic OH excluding ortho intramolecular Hbond substituents is 1.